The topological polar surface area (TPSA) is 38.8 Å². The van der Waals surface area contributed by atoms with Crippen molar-refractivity contribution in [1.82, 2.24) is 0 Å². The van der Waals surface area contributed by atoms with Crippen molar-refractivity contribution in [1.29, 1.82) is 0 Å². The van der Waals surface area contributed by atoms with E-state index in [1.165, 1.54) is 23.1 Å². The zero-order valence-corrected chi connectivity index (χ0v) is 10.4. The maximum atomic E-state index is 13.0. The third-order valence-corrected chi connectivity index (χ3v) is 3.60. The number of carbonyl (C=O) groups is 1. The SMILES string of the molecule is C=C[C@@]1(C)C(=O)N(C)c2cc3c(cc21)OC(F)(F)O3. The van der Waals surface area contributed by atoms with E-state index in [9.17, 15) is 13.6 Å². The Balaban J connectivity index is 2.20. The molecule has 0 unspecified atom stereocenters. The Kier molecular flexibility index (Phi) is 2.05. The third kappa shape index (κ3) is 1.39. The molecule has 1 aromatic carbocycles. The first-order valence-electron chi connectivity index (χ1n) is 5.64. The van der Waals surface area contributed by atoms with Gasteiger partial charge in [0.05, 0.1) is 11.1 Å². The van der Waals surface area contributed by atoms with Crippen LogP contribution in [0.2, 0.25) is 0 Å². The van der Waals surface area contributed by atoms with E-state index in [0.717, 1.165) is 0 Å². The van der Waals surface area contributed by atoms with Gasteiger partial charge in [0, 0.05) is 13.1 Å². The van der Waals surface area contributed by atoms with Crippen molar-refractivity contribution in [2.45, 2.75) is 18.6 Å². The van der Waals surface area contributed by atoms with Crippen molar-refractivity contribution in [2.75, 3.05) is 11.9 Å². The van der Waals surface area contributed by atoms with Gasteiger partial charge in [0.15, 0.2) is 11.5 Å². The molecule has 1 amide bonds. The van der Waals surface area contributed by atoms with Crippen LogP contribution in [0.5, 0.6) is 11.5 Å². The number of halogens is 2. The normalized spacial score (nSPS) is 26.5. The van der Waals surface area contributed by atoms with Crippen molar-refractivity contribution in [3.8, 4) is 11.5 Å². The van der Waals surface area contributed by atoms with E-state index in [-0.39, 0.29) is 17.4 Å². The largest absolute Gasteiger partial charge is 0.586 e. The van der Waals surface area contributed by atoms with Gasteiger partial charge >= 0.3 is 6.29 Å². The van der Waals surface area contributed by atoms with E-state index < -0.39 is 11.7 Å². The summed E-state index contributed by atoms with van der Waals surface area (Å²) in [5.41, 5.74) is 0.155. The number of alkyl halides is 2. The number of benzene rings is 1. The van der Waals surface area contributed by atoms with Gasteiger partial charge in [-0.05, 0) is 18.6 Å². The first kappa shape index (κ1) is 12.0. The average molecular weight is 267 g/mol. The van der Waals surface area contributed by atoms with Crippen LogP contribution >= 0.6 is 0 Å². The first-order chi connectivity index (χ1) is 8.78. The van der Waals surface area contributed by atoms with Gasteiger partial charge in [-0.15, -0.1) is 15.4 Å². The van der Waals surface area contributed by atoms with E-state index in [2.05, 4.69) is 16.1 Å². The van der Waals surface area contributed by atoms with E-state index in [1.54, 1.807) is 14.0 Å². The highest BCUT2D eigenvalue weighted by Gasteiger charge is 2.49. The summed E-state index contributed by atoms with van der Waals surface area (Å²) in [6, 6.07) is 2.80. The van der Waals surface area contributed by atoms with Crippen LogP contribution in [0.25, 0.3) is 0 Å². The molecule has 2 aliphatic heterocycles. The minimum absolute atomic E-state index is 0.0695. The molecule has 0 bridgehead atoms. The van der Waals surface area contributed by atoms with Gasteiger partial charge in [0.1, 0.15) is 0 Å². The number of amides is 1. The molecule has 0 spiro atoms. The summed E-state index contributed by atoms with van der Waals surface area (Å²) >= 11 is 0. The summed E-state index contributed by atoms with van der Waals surface area (Å²) in [7, 11) is 1.58. The Morgan fingerprint density at radius 2 is 1.89 bits per heavy atom. The molecule has 3 rings (SSSR count). The molecule has 2 heterocycles. The molecule has 0 aliphatic carbocycles. The Morgan fingerprint density at radius 1 is 1.32 bits per heavy atom. The highest BCUT2D eigenvalue weighted by molar-refractivity contribution is 6.09. The van der Waals surface area contributed by atoms with Crippen LogP contribution in [0.4, 0.5) is 14.5 Å². The summed E-state index contributed by atoms with van der Waals surface area (Å²) in [6.45, 7) is 5.34. The molecule has 0 aromatic heterocycles. The Hall–Kier alpha value is -2.11. The summed E-state index contributed by atoms with van der Waals surface area (Å²) in [4.78, 5) is 13.6. The third-order valence-electron chi connectivity index (χ3n) is 3.60. The first-order valence-corrected chi connectivity index (χ1v) is 5.64. The molecule has 1 aromatic rings. The number of anilines is 1. The molecule has 6 heteroatoms. The van der Waals surface area contributed by atoms with E-state index >= 15 is 0 Å². The number of rotatable bonds is 1. The minimum Gasteiger partial charge on any atom is -0.395 e. The highest BCUT2D eigenvalue weighted by atomic mass is 19.3. The lowest BCUT2D eigenvalue weighted by molar-refractivity contribution is -0.286. The van der Waals surface area contributed by atoms with Gasteiger partial charge < -0.3 is 14.4 Å². The number of ether oxygens (including phenoxy) is 2. The van der Waals surface area contributed by atoms with Gasteiger partial charge in [-0.3, -0.25) is 4.79 Å². The monoisotopic (exact) mass is 267 g/mol. The minimum atomic E-state index is -3.66. The number of nitrogens with zero attached hydrogens (tertiary/aromatic N) is 1. The maximum absolute atomic E-state index is 13.0. The van der Waals surface area contributed by atoms with Crippen LogP contribution in [0.3, 0.4) is 0 Å². The molecule has 0 radical (unpaired) electrons. The number of carbonyl (C=O) groups excluding carboxylic acids is 1. The molecular weight excluding hydrogens is 256 g/mol. The molecule has 0 N–H and O–H groups in total. The Morgan fingerprint density at radius 3 is 2.47 bits per heavy atom. The fourth-order valence-corrected chi connectivity index (χ4v) is 2.45. The fraction of sp³-hybridized carbons (Fsp3) is 0.308. The van der Waals surface area contributed by atoms with Gasteiger partial charge in [-0.1, -0.05) is 6.08 Å². The Bertz CT molecular complexity index is 614. The number of likely N-dealkylation sites (N-methyl/N-ethyl adjacent to an activating group) is 1. The van der Waals surface area contributed by atoms with Crippen LogP contribution in [-0.2, 0) is 10.2 Å². The van der Waals surface area contributed by atoms with Crippen molar-refractivity contribution in [3.63, 3.8) is 0 Å². The zero-order valence-electron chi connectivity index (χ0n) is 10.4. The second-order valence-corrected chi connectivity index (χ2v) is 4.75. The standard InChI is InChI=1S/C13H11F2NO3/c1-4-12(2)7-5-9-10(19-13(14,15)18-9)6-8(7)16(3)11(12)17/h4-6H,1H2,2-3H3/t12-/m1/s1. The highest BCUT2D eigenvalue weighted by Crippen LogP contribution is 2.50. The second kappa shape index (κ2) is 3.26. The second-order valence-electron chi connectivity index (χ2n) is 4.75. The van der Waals surface area contributed by atoms with Gasteiger partial charge in [-0.2, -0.15) is 0 Å². The fourth-order valence-electron chi connectivity index (χ4n) is 2.45. The maximum Gasteiger partial charge on any atom is 0.586 e. The van der Waals surface area contributed by atoms with Crippen LogP contribution in [-0.4, -0.2) is 19.2 Å². The quantitative estimate of drug-likeness (QED) is 0.733. The van der Waals surface area contributed by atoms with E-state index in [1.807, 2.05) is 0 Å². The molecule has 19 heavy (non-hydrogen) atoms. The molecule has 2 aliphatic rings. The molecule has 0 fully saturated rings. The van der Waals surface area contributed by atoms with Crippen molar-refractivity contribution < 1.29 is 23.0 Å². The zero-order chi connectivity index (χ0) is 14.0. The lowest BCUT2D eigenvalue weighted by Gasteiger charge is -2.17. The number of hydrogen-bond donors (Lipinski definition) is 0. The van der Waals surface area contributed by atoms with Gasteiger partial charge in [0.2, 0.25) is 5.91 Å². The molecule has 1 atom stereocenters. The molecule has 0 saturated heterocycles. The molecular formula is C13H11F2NO3. The summed E-state index contributed by atoms with van der Waals surface area (Å²) in [6.07, 6.45) is -2.16. The molecule has 0 saturated carbocycles. The van der Waals surface area contributed by atoms with Crippen LogP contribution in [0, 0.1) is 0 Å². The summed E-state index contributed by atoms with van der Waals surface area (Å²) < 4.78 is 34.8. The predicted molar refractivity (Wildman–Crippen MR) is 63.6 cm³/mol. The van der Waals surface area contributed by atoms with Gasteiger partial charge in [0.25, 0.3) is 0 Å². The lowest BCUT2D eigenvalue weighted by Crippen LogP contribution is -2.34. The Labute approximate surface area is 108 Å². The van der Waals surface area contributed by atoms with Gasteiger partial charge in [-0.25, -0.2) is 0 Å². The van der Waals surface area contributed by atoms with Crippen LogP contribution in [0.1, 0.15) is 12.5 Å². The van der Waals surface area contributed by atoms with Crippen molar-refractivity contribution >= 4 is 11.6 Å². The van der Waals surface area contributed by atoms with Crippen molar-refractivity contribution in [3.05, 3.63) is 30.4 Å². The summed E-state index contributed by atoms with van der Waals surface area (Å²) in [5.74, 6) is -0.315. The number of hydrogen-bond acceptors (Lipinski definition) is 3. The van der Waals surface area contributed by atoms with Crippen LogP contribution in [0.15, 0.2) is 24.8 Å². The molecule has 4 nitrogen and oxygen atoms in total. The average Bonchev–Trinajstić information content (AvgIpc) is 2.74. The lowest BCUT2D eigenvalue weighted by atomic mass is 9.84. The van der Waals surface area contributed by atoms with Crippen molar-refractivity contribution in [2.24, 2.45) is 0 Å². The van der Waals surface area contributed by atoms with E-state index in [0.29, 0.717) is 11.3 Å². The number of fused-ring (bicyclic) bond motifs is 2. The van der Waals surface area contributed by atoms with E-state index in [4.69, 9.17) is 0 Å². The van der Waals surface area contributed by atoms with Crippen LogP contribution < -0.4 is 14.4 Å². The smallest absolute Gasteiger partial charge is 0.395 e. The predicted octanol–water partition coefficient (Wildman–Crippen LogP) is 2.43. The summed E-state index contributed by atoms with van der Waals surface area (Å²) in [5, 5.41) is 0. The molecule has 100 valence electrons.